The van der Waals surface area contributed by atoms with Crippen LogP contribution in [0.1, 0.15) is 12.5 Å². The summed E-state index contributed by atoms with van der Waals surface area (Å²) < 4.78 is 6.22. The molecule has 0 fully saturated rings. The van der Waals surface area contributed by atoms with Gasteiger partial charge in [-0.3, -0.25) is 0 Å². The Labute approximate surface area is 153 Å². The SMILES string of the molecule is CC(N)C1Cc2cc(-c3ccccc3)cc(-c3cccc(Cl)c3)c2O1. The van der Waals surface area contributed by atoms with Gasteiger partial charge in [0.25, 0.3) is 0 Å². The predicted octanol–water partition coefficient (Wildman–Crippen LogP) is 5.32. The third-order valence-electron chi connectivity index (χ3n) is 4.69. The molecule has 1 aliphatic heterocycles. The lowest BCUT2D eigenvalue weighted by Gasteiger charge is -2.16. The molecule has 2 atom stereocenters. The molecule has 1 aliphatic rings. The van der Waals surface area contributed by atoms with Crippen molar-refractivity contribution in [2.45, 2.75) is 25.5 Å². The summed E-state index contributed by atoms with van der Waals surface area (Å²) >= 11 is 6.22. The van der Waals surface area contributed by atoms with Crippen molar-refractivity contribution in [3.05, 3.63) is 77.3 Å². The van der Waals surface area contributed by atoms with Crippen LogP contribution in [0.2, 0.25) is 5.02 Å². The van der Waals surface area contributed by atoms with Crippen LogP contribution in [0.25, 0.3) is 22.3 Å². The third-order valence-corrected chi connectivity index (χ3v) is 4.92. The quantitative estimate of drug-likeness (QED) is 0.694. The molecule has 0 bridgehead atoms. The third kappa shape index (κ3) is 3.15. The molecule has 0 saturated carbocycles. The minimum absolute atomic E-state index is 0.0129. The van der Waals surface area contributed by atoms with Crippen molar-refractivity contribution in [2.24, 2.45) is 5.73 Å². The summed E-state index contributed by atoms with van der Waals surface area (Å²) in [5, 5.41) is 0.720. The molecular weight excluding hydrogens is 330 g/mol. The molecule has 0 amide bonds. The van der Waals surface area contributed by atoms with E-state index in [1.807, 2.05) is 31.2 Å². The number of halogens is 1. The topological polar surface area (TPSA) is 35.2 Å². The Morgan fingerprint density at radius 1 is 0.960 bits per heavy atom. The van der Waals surface area contributed by atoms with Crippen LogP contribution in [-0.4, -0.2) is 12.1 Å². The summed E-state index contributed by atoms with van der Waals surface area (Å²) in [5.74, 6) is 0.934. The second kappa shape index (κ2) is 6.55. The monoisotopic (exact) mass is 349 g/mol. The molecule has 2 unspecified atom stereocenters. The van der Waals surface area contributed by atoms with Crippen molar-refractivity contribution in [2.75, 3.05) is 0 Å². The van der Waals surface area contributed by atoms with Gasteiger partial charge in [-0.25, -0.2) is 0 Å². The fourth-order valence-corrected chi connectivity index (χ4v) is 3.54. The first-order chi connectivity index (χ1) is 12.1. The number of hydrogen-bond donors (Lipinski definition) is 1. The molecule has 0 radical (unpaired) electrons. The maximum absolute atomic E-state index is 6.22. The molecular formula is C22H20ClNO. The van der Waals surface area contributed by atoms with Gasteiger partial charge in [0.2, 0.25) is 0 Å². The Morgan fingerprint density at radius 3 is 2.44 bits per heavy atom. The van der Waals surface area contributed by atoms with Gasteiger partial charge in [-0.05, 0) is 53.4 Å². The molecule has 0 aromatic heterocycles. The summed E-state index contributed by atoms with van der Waals surface area (Å²) in [6, 6.07) is 22.7. The van der Waals surface area contributed by atoms with E-state index in [-0.39, 0.29) is 12.1 Å². The van der Waals surface area contributed by atoms with Crippen LogP contribution in [0.5, 0.6) is 5.75 Å². The minimum Gasteiger partial charge on any atom is -0.488 e. The summed E-state index contributed by atoms with van der Waals surface area (Å²) in [6.45, 7) is 1.99. The van der Waals surface area contributed by atoms with Crippen molar-refractivity contribution < 1.29 is 4.74 Å². The average molecular weight is 350 g/mol. The van der Waals surface area contributed by atoms with Crippen LogP contribution < -0.4 is 10.5 Å². The Hall–Kier alpha value is -2.29. The summed E-state index contributed by atoms with van der Waals surface area (Å²) in [7, 11) is 0. The summed E-state index contributed by atoms with van der Waals surface area (Å²) in [5.41, 5.74) is 11.8. The summed E-state index contributed by atoms with van der Waals surface area (Å²) in [4.78, 5) is 0. The Morgan fingerprint density at radius 2 is 1.72 bits per heavy atom. The molecule has 0 saturated heterocycles. The second-order valence-electron chi connectivity index (χ2n) is 6.61. The smallest absolute Gasteiger partial charge is 0.131 e. The highest BCUT2D eigenvalue weighted by Crippen LogP contribution is 2.43. The van der Waals surface area contributed by atoms with Gasteiger partial charge in [0, 0.05) is 23.0 Å². The van der Waals surface area contributed by atoms with E-state index in [0.29, 0.717) is 0 Å². The zero-order chi connectivity index (χ0) is 17.4. The number of fused-ring (bicyclic) bond motifs is 1. The highest BCUT2D eigenvalue weighted by atomic mass is 35.5. The fourth-order valence-electron chi connectivity index (χ4n) is 3.35. The zero-order valence-electron chi connectivity index (χ0n) is 14.1. The van der Waals surface area contributed by atoms with Crippen molar-refractivity contribution in [1.29, 1.82) is 0 Å². The Balaban J connectivity index is 1.89. The van der Waals surface area contributed by atoms with Crippen molar-refractivity contribution in [3.63, 3.8) is 0 Å². The number of nitrogens with two attached hydrogens (primary N) is 1. The average Bonchev–Trinajstić information content (AvgIpc) is 3.06. The van der Waals surface area contributed by atoms with Crippen molar-refractivity contribution >= 4 is 11.6 Å². The molecule has 1 heterocycles. The molecule has 25 heavy (non-hydrogen) atoms. The zero-order valence-corrected chi connectivity index (χ0v) is 14.8. The first kappa shape index (κ1) is 16.2. The Bertz CT molecular complexity index is 905. The molecule has 0 spiro atoms. The molecule has 2 nitrogen and oxygen atoms in total. The van der Waals surface area contributed by atoms with E-state index in [2.05, 4.69) is 42.5 Å². The van der Waals surface area contributed by atoms with E-state index in [1.54, 1.807) is 0 Å². The van der Waals surface area contributed by atoms with Gasteiger partial charge in [-0.1, -0.05) is 54.1 Å². The standard InChI is InChI=1S/C22H20ClNO/c1-14(24)21-13-18-10-17(15-6-3-2-4-7-15)12-20(22(18)25-21)16-8-5-9-19(23)11-16/h2-12,14,21H,13,24H2,1H3. The van der Waals surface area contributed by atoms with Crippen LogP contribution >= 0.6 is 11.6 Å². The molecule has 3 heteroatoms. The normalized spacial score (nSPS) is 17.0. The van der Waals surface area contributed by atoms with E-state index in [4.69, 9.17) is 22.1 Å². The lowest BCUT2D eigenvalue weighted by molar-refractivity contribution is 0.207. The van der Waals surface area contributed by atoms with E-state index in [0.717, 1.165) is 28.3 Å². The van der Waals surface area contributed by atoms with Gasteiger partial charge < -0.3 is 10.5 Å². The van der Waals surface area contributed by atoms with Gasteiger partial charge >= 0.3 is 0 Å². The number of rotatable bonds is 3. The molecule has 0 aliphatic carbocycles. The van der Waals surface area contributed by atoms with Crippen LogP contribution in [0.15, 0.2) is 66.7 Å². The molecule has 3 aromatic carbocycles. The molecule has 2 N–H and O–H groups in total. The van der Waals surface area contributed by atoms with E-state index >= 15 is 0 Å². The number of ether oxygens (including phenoxy) is 1. The maximum Gasteiger partial charge on any atom is 0.131 e. The predicted molar refractivity (Wildman–Crippen MR) is 104 cm³/mol. The molecule has 3 aromatic rings. The number of hydrogen-bond acceptors (Lipinski definition) is 2. The lowest BCUT2D eigenvalue weighted by Crippen LogP contribution is -2.34. The van der Waals surface area contributed by atoms with Crippen LogP contribution in [0.3, 0.4) is 0 Å². The highest BCUT2D eigenvalue weighted by Gasteiger charge is 2.29. The summed E-state index contributed by atoms with van der Waals surface area (Å²) in [6.07, 6.45) is 0.847. The van der Waals surface area contributed by atoms with Crippen LogP contribution in [-0.2, 0) is 6.42 Å². The Kier molecular flexibility index (Phi) is 4.24. The van der Waals surface area contributed by atoms with Gasteiger partial charge in [0.1, 0.15) is 11.9 Å². The first-order valence-corrected chi connectivity index (χ1v) is 8.90. The number of benzene rings is 3. The molecule has 4 rings (SSSR count). The van der Waals surface area contributed by atoms with E-state index in [9.17, 15) is 0 Å². The second-order valence-corrected chi connectivity index (χ2v) is 7.04. The van der Waals surface area contributed by atoms with Gasteiger partial charge in [-0.15, -0.1) is 0 Å². The molecule has 126 valence electrons. The van der Waals surface area contributed by atoms with Crippen LogP contribution in [0, 0.1) is 0 Å². The van der Waals surface area contributed by atoms with Crippen LogP contribution in [0.4, 0.5) is 0 Å². The van der Waals surface area contributed by atoms with E-state index < -0.39 is 0 Å². The van der Waals surface area contributed by atoms with Crippen molar-refractivity contribution in [3.8, 4) is 28.0 Å². The maximum atomic E-state index is 6.22. The highest BCUT2D eigenvalue weighted by molar-refractivity contribution is 6.30. The van der Waals surface area contributed by atoms with Gasteiger partial charge in [-0.2, -0.15) is 0 Å². The van der Waals surface area contributed by atoms with E-state index in [1.165, 1.54) is 16.7 Å². The first-order valence-electron chi connectivity index (χ1n) is 8.52. The van der Waals surface area contributed by atoms with Gasteiger partial charge in [0.05, 0.1) is 0 Å². The largest absolute Gasteiger partial charge is 0.488 e. The lowest BCUT2D eigenvalue weighted by atomic mass is 9.94. The minimum atomic E-state index is -0.0141. The fraction of sp³-hybridized carbons (Fsp3) is 0.182. The van der Waals surface area contributed by atoms with Crippen molar-refractivity contribution in [1.82, 2.24) is 0 Å². The van der Waals surface area contributed by atoms with Gasteiger partial charge in [0.15, 0.2) is 0 Å².